The molecule has 0 amide bonds. The number of aromatic nitrogens is 3. The molecule has 0 saturated carbocycles. The molecule has 0 aliphatic heterocycles. The number of benzene rings is 1. The normalized spacial score (nSPS) is 12.7. The molecule has 1 atom stereocenters. The molecule has 16 heavy (non-hydrogen) atoms. The zero-order valence-electron chi connectivity index (χ0n) is 8.97. The van der Waals surface area contributed by atoms with Crippen LogP contribution < -0.4 is 5.73 Å². The summed E-state index contributed by atoms with van der Waals surface area (Å²) in [6.07, 6.45) is 2.59. The number of nitrogens with zero attached hydrogens (tertiary/aromatic N) is 3. The van der Waals surface area contributed by atoms with Crippen LogP contribution in [0.2, 0.25) is 0 Å². The average Bonchev–Trinajstić information content (AvgIpc) is 2.65. The third-order valence-corrected chi connectivity index (χ3v) is 2.91. The van der Waals surface area contributed by atoms with Gasteiger partial charge in [0.05, 0.1) is 5.69 Å². The van der Waals surface area contributed by atoms with Crippen molar-refractivity contribution < 1.29 is 0 Å². The number of aryl methyl sites for hydroxylation is 1. The lowest BCUT2D eigenvalue weighted by atomic mass is 10.0. The zero-order chi connectivity index (χ0) is 11.5. The smallest absolute Gasteiger partial charge is 0.0845 e. The topological polar surface area (TPSA) is 56.7 Å². The van der Waals surface area contributed by atoms with E-state index in [0.29, 0.717) is 6.42 Å². The number of rotatable bonds is 3. The van der Waals surface area contributed by atoms with E-state index in [1.54, 1.807) is 4.68 Å². The first-order valence-electron chi connectivity index (χ1n) is 5.01. The van der Waals surface area contributed by atoms with E-state index in [1.807, 2.05) is 37.5 Å². The molecule has 1 aromatic heterocycles. The first-order chi connectivity index (χ1) is 7.65. The molecular formula is C11H13BrN4. The summed E-state index contributed by atoms with van der Waals surface area (Å²) in [5.41, 5.74) is 8.11. The summed E-state index contributed by atoms with van der Waals surface area (Å²) >= 11 is 3.40. The second kappa shape index (κ2) is 4.76. The summed E-state index contributed by atoms with van der Waals surface area (Å²) in [6.45, 7) is 0. The third kappa shape index (κ3) is 2.68. The quantitative estimate of drug-likeness (QED) is 0.933. The molecule has 0 radical (unpaired) electrons. The Morgan fingerprint density at radius 2 is 2.06 bits per heavy atom. The van der Waals surface area contributed by atoms with Gasteiger partial charge in [0.25, 0.3) is 0 Å². The Balaban J connectivity index is 2.08. The van der Waals surface area contributed by atoms with Crippen LogP contribution in [0, 0.1) is 0 Å². The Kier molecular flexibility index (Phi) is 3.36. The molecule has 4 nitrogen and oxygen atoms in total. The highest BCUT2D eigenvalue weighted by Gasteiger charge is 2.09. The van der Waals surface area contributed by atoms with Crippen molar-refractivity contribution in [2.24, 2.45) is 12.8 Å². The number of hydrogen-bond donors (Lipinski definition) is 1. The van der Waals surface area contributed by atoms with Crippen molar-refractivity contribution in [3.05, 3.63) is 46.2 Å². The highest BCUT2D eigenvalue weighted by molar-refractivity contribution is 9.10. The van der Waals surface area contributed by atoms with Crippen LogP contribution in [0.1, 0.15) is 17.3 Å². The van der Waals surface area contributed by atoms with Gasteiger partial charge in [0.1, 0.15) is 0 Å². The maximum absolute atomic E-state index is 6.09. The number of halogens is 1. The van der Waals surface area contributed by atoms with Crippen LogP contribution in [-0.2, 0) is 13.5 Å². The van der Waals surface area contributed by atoms with E-state index in [-0.39, 0.29) is 6.04 Å². The fourth-order valence-electron chi connectivity index (χ4n) is 1.54. The van der Waals surface area contributed by atoms with Crippen molar-refractivity contribution in [3.63, 3.8) is 0 Å². The molecule has 0 saturated heterocycles. The molecule has 0 aliphatic rings. The van der Waals surface area contributed by atoms with Crippen molar-refractivity contribution >= 4 is 15.9 Å². The van der Waals surface area contributed by atoms with Gasteiger partial charge in [-0.15, -0.1) is 5.10 Å². The minimum atomic E-state index is -0.0372. The summed E-state index contributed by atoms with van der Waals surface area (Å²) in [7, 11) is 1.85. The lowest BCUT2D eigenvalue weighted by Gasteiger charge is -2.09. The molecule has 0 aliphatic carbocycles. The molecule has 1 unspecified atom stereocenters. The lowest BCUT2D eigenvalue weighted by Crippen LogP contribution is -2.13. The first-order valence-corrected chi connectivity index (χ1v) is 5.80. The van der Waals surface area contributed by atoms with Gasteiger partial charge in [-0.25, -0.2) is 0 Å². The van der Waals surface area contributed by atoms with E-state index in [0.717, 1.165) is 15.7 Å². The van der Waals surface area contributed by atoms with Crippen LogP contribution in [0.25, 0.3) is 0 Å². The van der Waals surface area contributed by atoms with E-state index in [4.69, 9.17) is 5.73 Å². The van der Waals surface area contributed by atoms with Crippen LogP contribution in [0.15, 0.2) is 34.9 Å². The lowest BCUT2D eigenvalue weighted by molar-refractivity contribution is 0.694. The van der Waals surface area contributed by atoms with Crippen molar-refractivity contribution in [2.75, 3.05) is 0 Å². The van der Waals surface area contributed by atoms with Crippen molar-refractivity contribution in [3.8, 4) is 0 Å². The summed E-state index contributed by atoms with van der Waals surface area (Å²) in [6, 6.07) is 7.98. The predicted molar refractivity (Wildman–Crippen MR) is 65.8 cm³/mol. The van der Waals surface area contributed by atoms with Crippen LogP contribution in [-0.4, -0.2) is 15.0 Å². The molecule has 0 spiro atoms. The summed E-state index contributed by atoms with van der Waals surface area (Å²) in [4.78, 5) is 0. The molecule has 84 valence electrons. The molecule has 2 rings (SSSR count). The molecule has 1 heterocycles. The van der Waals surface area contributed by atoms with Gasteiger partial charge in [0, 0.05) is 30.2 Å². The zero-order valence-corrected chi connectivity index (χ0v) is 10.6. The molecular weight excluding hydrogens is 268 g/mol. The van der Waals surface area contributed by atoms with E-state index in [9.17, 15) is 0 Å². The van der Waals surface area contributed by atoms with E-state index in [1.165, 1.54) is 0 Å². The maximum atomic E-state index is 6.09. The molecule has 2 N–H and O–H groups in total. The fraction of sp³-hybridized carbons (Fsp3) is 0.273. The van der Waals surface area contributed by atoms with Crippen molar-refractivity contribution in [1.29, 1.82) is 0 Å². The van der Waals surface area contributed by atoms with E-state index in [2.05, 4.69) is 26.2 Å². The standard InChI is InChI=1S/C11H13BrN4/c1-16-7-10(14-15-16)6-11(13)8-2-4-9(12)5-3-8/h2-5,7,11H,6,13H2,1H3. The highest BCUT2D eigenvalue weighted by Crippen LogP contribution is 2.17. The minimum Gasteiger partial charge on any atom is -0.324 e. The maximum Gasteiger partial charge on any atom is 0.0845 e. The Bertz CT molecular complexity index is 463. The predicted octanol–water partition coefficient (Wildman–Crippen LogP) is 1.82. The second-order valence-corrected chi connectivity index (χ2v) is 4.66. The highest BCUT2D eigenvalue weighted by atomic mass is 79.9. The number of hydrogen-bond acceptors (Lipinski definition) is 3. The van der Waals surface area contributed by atoms with Gasteiger partial charge in [0.15, 0.2) is 0 Å². The largest absolute Gasteiger partial charge is 0.324 e. The second-order valence-electron chi connectivity index (χ2n) is 3.75. The Morgan fingerprint density at radius 1 is 1.38 bits per heavy atom. The molecule has 0 fully saturated rings. The van der Waals surface area contributed by atoms with Crippen LogP contribution in [0.3, 0.4) is 0 Å². The molecule has 2 aromatic rings. The Morgan fingerprint density at radius 3 is 2.62 bits per heavy atom. The Labute approximate surface area is 103 Å². The van der Waals surface area contributed by atoms with Crippen molar-refractivity contribution in [1.82, 2.24) is 15.0 Å². The molecule has 1 aromatic carbocycles. The average molecular weight is 281 g/mol. The van der Waals surface area contributed by atoms with Crippen molar-refractivity contribution in [2.45, 2.75) is 12.5 Å². The van der Waals surface area contributed by atoms with Crippen LogP contribution in [0.5, 0.6) is 0 Å². The number of nitrogens with two attached hydrogens (primary N) is 1. The third-order valence-electron chi connectivity index (χ3n) is 2.38. The van der Waals surface area contributed by atoms with E-state index < -0.39 is 0 Å². The van der Waals surface area contributed by atoms with Crippen LogP contribution in [0.4, 0.5) is 0 Å². The molecule has 0 bridgehead atoms. The van der Waals surface area contributed by atoms with Gasteiger partial charge < -0.3 is 5.73 Å². The summed E-state index contributed by atoms with van der Waals surface area (Å²) in [5, 5.41) is 7.90. The minimum absolute atomic E-state index is 0.0372. The molecule has 5 heteroatoms. The monoisotopic (exact) mass is 280 g/mol. The SMILES string of the molecule is Cn1cc(CC(N)c2ccc(Br)cc2)nn1. The van der Waals surface area contributed by atoms with E-state index >= 15 is 0 Å². The van der Waals surface area contributed by atoms with Gasteiger partial charge in [0.2, 0.25) is 0 Å². The van der Waals surface area contributed by atoms with Crippen LogP contribution >= 0.6 is 15.9 Å². The van der Waals surface area contributed by atoms with Gasteiger partial charge >= 0.3 is 0 Å². The van der Waals surface area contributed by atoms with Gasteiger partial charge in [-0.3, -0.25) is 4.68 Å². The van der Waals surface area contributed by atoms with Gasteiger partial charge in [-0.2, -0.15) is 0 Å². The fourth-order valence-corrected chi connectivity index (χ4v) is 1.81. The Hall–Kier alpha value is -1.20. The van der Waals surface area contributed by atoms with Gasteiger partial charge in [-0.05, 0) is 17.7 Å². The van der Waals surface area contributed by atoms with Gasteiger partial charge in [-0.1, -0.05) is 33.3 Å². The first kappa shape index (κ1) is 11.3. The summed E-state index contributed by atoms with van der Waals surface area (Å²) < 4.78 is 2.74. The summed E-state index contributed by atoms with van der Waals surface area (Å²) in [5.74, 6) is 0.